The van der Waals surface area contributed by atoms with Crippen molar-refractivity contribution < 1.29 is 0 Å². The Balaban J connectivity index is 0.000000165. The molecule has 0 radical (unpaired) electrons. The molecule has 0 aromatic heterocycles. The first kappa shape index (κ1) is 18.0. The van der Waals surface area contributed by atoms with E-state index in [1.165, 1.54) is 47.2 Å². The molecule has 1 aliphatic carbocycles. The Labute approximate surface area is 165 Å². The minimum absolute atomic E-state index is 0.465. The average molecular weight is 371 g/mol. The zero-order chi connectivity index (χ0) is 19.7. The van der Waals surface area contributed by atoms with E-state index in [9.17, 15) is 0 Å². The number of rotatable bonds is 0. The quantitative estimate of drug-likeness (QED) is 0.261. The number of hydrogen-bond acceptors (Lipinski definition) is 4. The summed E-state index contributed by atoms with van der Waals surface area (Å²) in [7, 11) is 0. The summed E-state index contributed by atoms with van der Waals surface area (Å²) in [5, 5.41) is 5.64. The van der Waals surface area contributed by atoms with Crippen molar-refractivity contribution in [2.75, 3.05) is 22.9 Å². The van der Waals surface area contributed by atoms with Gasteiger partial charge in [-0.1, -0.05) is 48.5 Å². The van der Waals surface area contributed by atoms with Gasteiger partial charge < -0.3 is 22.9 Å². The molecule has 8 N–H and O–H groups in total. The van der Waals surface area contributed by atoms with Gasteiger partial charge in [0.25, 0.3) is 0 Å². The molecule has 0 aliphatic heterocycles. The summed E-state index contributed by atoms with van der Waals surface area (Å²) < 4.78 is 0. The molecule has 0 saturated carbocycles. The zero-order valence-electron chi connectivity index (χ0n) is 15.9. The molecular weight excluding hydrogens is 344 g/mol. The number of nitrogen functional groups attached to an aromatic ring is 4. The van der Waals surface area contributed by atoms with Crippen LogP contribution >= 0.6 is 0 Å². The van der Waals surface area contributed by atoms with Crippen molar-refractivity contribution in [1.29, 1.82) is 0 Å². The second-order valence-electron chi connectivity index (χ2n) is 7.40. The maximum Gasteiger partial charge on any atom is 0.0570 e. The third kappa shape index (κ3) is 3.29. The van der Waals surface area contributed by atoms with Crippen LogP contribution in [0.15, 0.2) is 60.7 Å². The van der Waals surface area contributed by atoms with Gasteiger partial charge in [0.15, 0.2) is 0 Å². The molecule has 4 heteroatoms. The van der Waals surface area contributed by atoms with Crippen molar-refractivity contribution in [2.45, 2.75) is 25.7 Å². The largest absolute Gasteiger partial charge is 0.397 e. The lowest BCUT2D eigenvalue weighted by molar-refractivity contribution is 0.690. The van der Waals surface area contributed by atoms with Crippen LogP contribution in [0.5, 0.6) is 0 Å². The minimum Gasteiger partial charge on any atom is -0.397 e. The van der Waals surface area contributed by atoms with E-state index in [0.717, 1.165) is 0 Å². The third-order valence-electron chi connectivity index (χ3n) is 5.55. The number of hydrogen-bond donors (Lipinski definition) is 4. The van der Waals surface area contributed by atoms with E-state index in [4.69, 9.17) is 22.9 Å². The van der Waals surface area contributed by atoms with Crippen LogP contribution in [-0.2, 0) is 12.8 Å². The maximum absolute atomic E-state index is 5.43. The molecule has 28 heavy (non-hydrogen) atoms. The van der Waals surface area contributed by atoms with E-state index < -0.39 is 0 Å². The van der Waals surface area contributed by atoms with E-state index in [1.54, 1.807) is 23.3 Å². The Hall–Kier alpha value is -3.40. The molecule has 4 aromatic rings. The summed E-state index contributed by atoms with van der Waals surface area (Å²) in [6.07, 6.45) is 5.22. The molecule has 0 fully saturated rings. The Morgan fingerprint density at radius 2 is 1.14 bits per heavy atom. The second-order valence-corrected chi connectivity index (χ2v) is 7.40. The summed E-state index contributed by atoms with van der Waals surface area (Å²) >= 11 is 0. The van der Waals surface area contributed by atoms with E-state index in [2.05, 4.69) is 48.5 Å². The van der Waals surface area contributed by atoms with Crippen LogP contribution in [0.25, 0.3) is 21.5 Å². The summed E-state index contributed by atoms with van der Waals surface area (Å²) in [4.78, 5) is 0. The van der Waals surface area contributed by atoms with Crippen molar-refractivity contribution in [3.05, 3.63) is 71.8 Å². The Morgan fingerprint density at radius 3 is 1.86 bits per heavy atom. The molecule has 5 rings (SSSR count). The lowest BCUT2D eigenvalue weighted by Crippen LogP contribution is -2.02. The van der Waals surface area contributed by atoms with Gasteiger partial charge in [-0.25, -0.2) is 0 Å². The molecule has 1 aliphatic rings. The van der Waals surface area contributed by atoms with Gasteiger partial charge in [-0.05, 0) is 70.5 Å². The number of benzene rings is 4. The fraction of sp³-hybridized carbons (Fsp3) is 0.167. The highest BCUT2D eigenvalue weighted by atomic mass is 14.7. The minimum atomic E-state index is 0.465. The zero-order valence-corrected chi connectivity index (χ0v) is 15.9. The maximum atomic E-state index is 5.43. The van der Waals surface area contributed by atoms with Crippen LogP contribution in [0.3, 0.4) is 0 Å². The highest BCUT2D eigenvalue weighted by Gasteiger charge is 2.13. The number of fused-ring (bicyclic) bond motifs is 5. The Bertz CT molecular complexity index is 1110. The molecule has 0 atom stereocenters. The smallest absolute Gasteiger partial charge is 0.0570 e. The SMILES string of the molecule is Nc1cc(N)c(N)cc1N.c1ccc2c(c1)ccc1c3c(ccc12)CCCC3. The monoisotopic (exact) mass is 370 g/mol. The van der Waals surface area contributed by atoms with Crippen molar-refractivity contribution in [3.8, 4) is 0 Å². The molecule has 0 spiro atoms. The molecule has 0 bridgehead atoms. The fourth-order valence-electron chi connectivity index (χ4n) is 4.01. The Kier molecular flexibility index (Phi) is 4.70. The normalized spacial score (nSPS) is 13.0. The van der Waals surface area contributed by atoms with Gasteiger partial charge in [0.2, 0.25) is 0 Å². The van der Waals surface area contributed by atoms with Crippen LogP contribution in [0, 0.1) is 0 Å². The van der Waals surface area contributed by atoms with Crippen LogP contribution < -0.4 is 22.9 Å². The average Bonchev–Trinajstić information content (AvgIpc) is 2.72. The first-order valence-corrected chi connectivity index (χ1v) is 9.67. The van der Waals surface area contributed by atoms with Crippen molar-refractivity contribution in [3.63, 3.8) is 0 Å². The third-order valence-corrected chi connectivity index (χ3v) is 5.55. The van der Waals surface area contributed by atoms with Crippen LogP contribution in [0.1, 0.15) is 24.0 Å². The van der Waals surface area contributed by atoms with E-state index in [0.29, 0.717) is 22.7 Å². The van der Waals surface area contributed by atoms with Gasteiger partial charge in [0.1, 0.15) is 0 Å². The topological polar surface area (TPSA) is 104 Å². The number of nitrogens with two attached hydrogens (primary N) is 4. The van der Waals surface area contributed by atoms with Gasteiger partial charge in [-0.2, -0.15) is 0 Å². The van der Waals surface area contributed by atoms with Crippen LogP contribution in [0.4, 0.5) is 22.7 Å². The Morgan fingerprint density at radius 1 is 0.536 bits per heavy atom. The van der Waals surface area contributed by atoms with Gasteiger partial charge in [-0.15, -0.1) is 0 Å². The summed E-state index contributed by atoms with van der Waals surface area (Å²) in [6, 6.07) is 21.1. The highest BCUT2D eigenvalue weighted by Crippen LogP contribution is 2.33. The molecular formula is C24H26N4. The van der Waals surface area contributed by atoms with Crippen LogP contribution in [-0.4, -0.2) is 0 Å². The van der Waals surface area contributed by atoms with Gasteiger partial charge in [-0.3, -0.25) is 0 Å². The summed E-state index contributed by atoms with van der Waals surface area (Å²) in [5.41, 5.74) is 26.7. The lowest BCUT2D eigenvalue weighted by Gasteiger charge is -2.18. The van der Waals surface area contributed by atoms with E-state index in [-0.39, 0.29) is 0 Å². The number of anilines is 4. The van der Waals surface area contributed by atoms with E-state index >= 15 is 0 Å². The molecule has 0 saturated heterocycles. The molecule has 0 heterocycles. The van der Waals surface area contributed by atoms with Crippen molar-refractivity contribution >= 4 is 44.3 Å². The van der Waals surface area contributed by atoms with Crippen molar-refractivity contribution in [1.82, 2.24) is 0 Å². The first-order chi connectivity index (χ1) is 13.5. The summed E-state index contributed by atoms with van der Waals surface area (Å²) in [6.45, 7) is 0. The number of aryl methyl sites for hydroxylation is 2. The standard InChI is InChI=1S/C18H16.C6H10N4/c1-3-7-15-13(5-1)9-11-18-16-8-4-2-6-14(16)10-12-17(15)18;7-3-1-4(8)6(10)2-5(3)9/h1,3,5,7,9-12H,2,4,6,8H2;1-2H,7-10H2. The predicted molar refractivity (Wildman–Crippen MR) is 122 cm³/mol. The molecule has 0 amide bonds. The van der Waals surface area contributed by atoms with Gasteiger partial charge in [0.05, 0.1) is 22.7 Å². The van der Waals surface area contributed by atoms with Gasteiger partial charge in [0, 0.05) is 0 Å². The fourth-order valence-corrected chi connectivity index (χ4v) is 4.01. The van der Waals surface area contributed by atoms with Crippen LogP contribution in [0.2, 0.25) is 0 Å². The molecule has 0 unspecified atom stereocenters. The molecule has 4 nitrogen and oxygen atoms in total. The van der Waals surface area contributed by atoms with E-state index in [1.807, 2.05) is 0 Å². The molecule has 4 aromatic carbocycles. The molecule has 142 valence electrons. The second kappa shape index (κ2) is 7.31. The highest BCUT2D eigenvalue weighted by molar-refractivity contribution is 6.08. The van der Waals surface area contributed by atoms with Crippen molar-refractivity contribution in [2.24, 2.45) is 0 Å². The van der Waals surface area contributed by atoms with Gasteiger partial charge >= 0.3 is 0 Å². The lowest BCUT2D eigenvalue weighted by atomic mass is 9.86. The first-order valence-electron chi connectivity index (χ1n) is 9.67. The predicted octanol–water partition coefficient (Wildman–Crippen LogP) is 4.89. The summed E-state index contributed by atoms with van der Waals surface area (Å²) in [5.74, 6) is 0.